The third-order valence-corrected chi connectivity index (χ3v) is 3.72. The van der Waals surface area contributed by atoms with Crippen LogP contribution in [0.5, 0.6) is 5.75 Å². The molecule has 0 bridgehead atoms. The molecule has 0 aliphatic heterocycles. The van der Waals surface area contributed by atoms with E-state index in [9.17, 15) is 4.39 Å². The first-order valence-electron chi connectivity index (χ1n) is 6.20. The fourth-order valence-corrected chi connectivity index (χ4v) is 2.42. The fraction of sp³-hybridized carbons (Fsp3) is 0.571. The highest BCUT2D eigenvalue weighted by molar-refractivity contribution is 6.17. The lowest BCUT2D eigenvalue weighted by Gasteiger charge is -2.27. The van der Waals surface area contributed by atoms with Crippen LogP contribution in [0.1, 0.15) is 38.2 Å². The van der Waals surface area contributed by atoms with Crippen molar-refractivity contribution in [1.29, 1.82) is 0 Å². The van der Waals surface area contributed by atoms with Crippen molar-refractivity contribution in [3.63, 3.8) is 0 Å². The van der Waals surface area contributed by atoms with Gasteiger partial charge >= 0.3 is 0 Å². The Morgan fingerprint density at radius 3 is 2.59 bits per heavy atom. The van der Waals surface area contributed by atoms with E-state index in [1.807, 2.05) is 6.07 Å². The van der Waals surface area contributed by atoms with Crippen molar-refractivity contribution in [3.8, 4) is 5.75 Å². The van der Waals surface area contributed by atoms with Gasteiger partial charge in [-0.1, -0.05) is 13.0 Å². The van der Waals surface area contributed by atoms with E-state index in [1.54, 1.807) is 6.07 Å². The summed E-state index contributed by atoms with van der Waals surface area (Å²) in [5.74, 6) is 1.16. The Labute approximate surface area is 107 Å². The first-order chi connectivity index (χ1) is 8.19. The lowest BCUT2D eigenvalue weighted by molar-refractivity contribution is 0.130. The van der Waals surface area contributed by atoms with Crippen LogP contribution in [0.25, 0.3) is 0 Å². The molecule has 0 atom stereocenters. The quantitative estimate of drug-likeness (QED) is 0.723. The Morgan fingerprint density at radius 1 is 1.29 bits per heavy atom. The van der Waals surface area contributed by atoms with Gasteiger partial charge in [-0.05, 0) is 49.3 Å². The van der Waals surface area contributed by atoms with Gasteiger partial charge in [-0.3, -0.25) is 0 Å². The van der Waals surface area contributed by atoms with Crippen LogP contribution in [-0.2, 0) is 5.88 Å². The number of hydrogen-bond donors (Lipinski definition) is 0. The Morgan fingerprint density at radius 2 is 2.00 bits per heavy atom. The highest BCUT2D eigenvalue weighted by atomic mass is 35.5. The summed E-state index contributed by atoms with van der Waals surface area (Å²) in [5.41, 5.74) is 0.786. The van der Waals surface area contributed by atoms with Gasteiger partial charge in [0.1, 0.15) is 0 Å². The normalized spacial score (nSPS) is 24.6. The van der Waals surface area contributed by atoms with Gasteiger partial charge in [0.25, 0.3) is 0 Å². The predicted octanol–water partition coefficient (Wildman–Crippen LogP) is 4.52. The van der Waals surface area contributed by atoms with Crippen molar-refractivity contribution < 1.29 is 9.13 Å². The fourth-order valence-electron chi connectivity index (χ4n) is 2.25. The number of alkyl halides is 1. The standard InChI is InChI=1S/C14H18ClFO/c1-10-2-5-12(6-3-10)17-14-7-4-11(9-15)8-13(14)16/h4,7-8,10,12H,2-3,5-6,9H2,1H3. The molecule has 0 heterocycles. The average Bonchev–Trinajstić information content (AvgIpc) is 2.34. The van der Waals surface area contributed by atoms with Crippen LogP contribution >= 0.6 is 11.6 Å². The van der Waals surface area contributed by atoms with E-state index in [2.05, 4.69) is 6.92 Å². The Kier molecular flexibility index (Phi) is 4.27. The van der Waals surface area contributed by atoms with Crippen LogP contribution in [0.2, 0.25) is 0 Å². The minimum Gasteiger partial charge on any atom is -0.487 e. The summed E-state index contributed by atoms with van der Waals surface area (Å²) < 4.78 is 19.4. The van der Waals surface area contributed by atoms with Gasteiger partial charge in [0.2, 0.25) is 0 Å². The van der Waals surface area contributed by atoms with Gasteiger partial charge in [-0.15, -0.1) is 11.6 Å². The van der Waals surface area contributed by atoms with Crippen LogP contribution in [0.15, 0.2) is 18.2 Å². The van der Waals surface area contributed by atoms with Crippen LogP contribution in [0.3, 0.4) is 0 Å². The molecule has 1 fully saturated rings. The van der Waals surface area contributed by atoms with Crippen LogP contribution < -0.4 is 4.74 Å². The monoisotopic (exact) mass is 256 g/mol. The molecule has 94 valence electrons. The third kappa shape index (κ3) is 3.35. The van der Waals surface area contributed by atoms with Crippen LogP contribution in [0.4, 0.5) is 4.39 Å². The molecule has 3 heteroatoms. The molecular weight excluding hydrogens is 239 g/mol. The molecule has 0 radical (unpaired) electrons. The van der Waals surface area contributed by atoms with E-state index in [0.717, 1.165) is 24.3 Å². The number of halogens is 2. The summed E-state index contributed by atoms with van der Waals surface area (Å²) >= 11 is 5.65. The van der Waals surface area contributed by atoms with Gasteiger partial charge in [0.15, 0.2) is 11.6 Å². The minimum atomic E-state index is -0.304. The number of hydrogen-bond acceptors (Lipinski definition) is 1. The van der Waals surface area contributed by atoms with Gasteiger partial charge in [0, 0.05) is 5.88 Å². The number of ether oxygens (including phenoxy) is 1. The molecule has 0 N–H and O–H groups in total. The maximum absolute atomic E-state index is 13.7. The van der Waals surface area contributed by atoms with Crippen molar-refractivity contribution in [3.05, 3.63) is 29.6 Å². The maximum Gasteiger partial charge on any atom is 0.165 e. The molecule has 1 aliphatic rings. The molecule has 0 unspecified atom stereocenters. The summed E-state index contributed by atoms with van der Waals surface area (Å²) in [4.78, 5) is 0. The molecule has 0 saturated heterocycles. The molecule has 0 amide bonds. The van der Waals surface area contributed by atoms with Gasteiger partial charge in [0.05, 0.1) is 6.10 Å². The highest BCUT2D eigenvalue weighted by Crippen LogP contribution is 2.28. The van der Waals surface area contributed by atoms with E-state index in [4.69, 9.17) is 16.3 Å². The van der Waals surface area contributed by atoms with E-state index < -0.39 is 0 Å². The maximum atomic E-state index is 13.7. The predicted molar refractivity (Wildman–Crippen MR) is 68.0 cm³/mol. The summed E-state index contributed by atoms with van der Waals surface area (Å²) in [6.45, 7) is 2.26. The lowest BCUT2D eigenvalue weighted by Crippen LogP contribution is -2.23. The molecule has 0 spiro atoms. The van der Waals surface area contributed by atoms with Crippen molar-refractivity contribution >= 4 is 11.6 Å². The second-order valence-corrected chi connectivity index (χ2v) is 5.17. The molecule has 1 nitrogen and oxygen atoms in total. The number of rotatable bonds is 3. The third-order valence-electron chi connectivity index (χ3n) is 3.41. The number of benzene rings is 1. The van der Waals surface area contributed by atoms with Crippen molar-refractivity contribution in [2.75, 3.05) is 0 Å². The van der Waals surface area contributed by atoms with E-state index in [1.165, 1.54) is 18.9 Å². The van der Waals surface area contributed by atoms with E-state index in [0.29, 0.717) is 11.6 Å². The smallest absolute Gasteiger partial charge is 0.165 e. The van der Waals surface area contributed by atoms with Gasteiger partial charge in [-0.2, -0.15) is 0 Å². The Hall–Kier alpha value is -0.760. The first kappa shape index (κ1) is 12.7. The van der Waals surface area contributed by atoms with Crippen LogP contribution in [0, 0.1) is 11.7 Å². The molecule has 1 aliphatic carbocycles. The van der Waals surface area contributed by atoms with Crippen molar-refractivity contribution in [2.45, 2.75) is 44.6 Å². The molecule has 0 aromatic heterocycles. The van der Waals surface area contributed by atoms with Gasteiger partial charge in [-0.25, -0.2) is 4.39 Å². The molecule has 2 rings (SSSR count). The second-order valence-electron chi connectivity index (χ2n) is 4.90. The average molecular weight is 257 g/mol. The SMILES string of the molecule is CC1CCC(Oc2ccc(CCl)cc2F)CC1. The Balaban J connectivity index is 1.99. The zero-order valence-electron chi connectivity index (χ0n) is 10.1. The minimum absolute atomic E-state index is 0.169. The molecule has 1 aromatic carbocycles. The lowest BCUT2D eigenvalue weighted by atomic mass is 9.89. The molecule has 1 aromatic rings. The zero-order valence-corrected chi connectivity index (χ0v) is 10.8. The molecular formula is C14H18ClFO. The molecule has 17 heavy (non-hydrogen) atoms. The first-order valence-corrected chi connectivity index (χ1v) is 6.73. The van der Waals surface area contributed by atoms with Crippen LogP contribution in [-0.4, -0.2) is 6.10 Å². The largest absolute Gasteiger partial charge is 0.487 e. The summed E-state index contributed by atoms with van der Waals surface area (Å²) in [6, 6.07) is 4.95. The summed E-state index contributed by atoms with van der Waals surface area (Å²) in [7, 11) is 0. The second kappa shape index (κ2) is 5.72. The zero-order chi connectivity index (χ0) is 12.3. The highest BCUT2D eigenvalue weighted by Gasteiger charge is 2.20. The van der Waals surface area contributed by atoms with E-state index >= 15 is 0 Å². The summed E-state index contributed by atoms with van der Waals surface area (Å²) in [6.07, 6.45) is 4.57. The van der Waals surface area contributed by atoms with E-state index in [-0.39, 0.29) is 11.9 Å². The van der Waals surface area contributed by atoms with Crippen molar-refractivity contribution in [2.24, 2.45) is 5.92 Å². The van der Waals surface area contributed by atoms with Crippen molar-refractivity contribution in [1.82, 2.24) is 0 Å². The Bertz CT molecular complexity index is 372. The summed E-state index contributed by atoms with van der Waals surface area (Å²) in [5, 5.41) is 0. The molecule has 1 saturated carbocycles. The topological polar surface area (TPSA) is 9.23 Å². The van der Waals surface area contributed by atoms with Gasteiger partial charge < -0.3 is 4.74 Å².